The molecule has 1 aromatic heterocycles. The molecule has 140 valence electrons. The summed E-state index contributed by atoms with van der Waals surface area (Å²) in [6, 6.07) is 20.5. The molecule has 0 fully saturated rings. The molecule has 4 rings (SSSR count). The quantitative estimate of drug-likeness (QED) is 0.387. The highest BCUT2D eigenvalue weighted by atomic mass is 16.6. The van der Waals surface area contributed by atoms with E-state index in [2.05, 4.69) is 10.4 Å². The molecule has 1 heterocycles. The van der Waals surface area contributed by atoms with E-state index in [1.54, 1.807) is 24.0 Å². The average Bonchev–Trinajstić information content (AvgIpc) is 3.07. The van der Waals surface area contributed by atoms with Gasteiger partial charge in [-0.1, -0.05) is 36.4 Å². The number of aryl methyl sites for hydroxylation is 1. The van der Waals surface area contributed by atoms with Crippen LogP contribution in [0.1, 0.15) is 5.56 Å². The van der Waals surface area contributed by atoms with Gasteiger partial charge >= 0.3 is 0 Å². The minimum absolute atomic E-state index is 0.00360. The zero-order chi connectivity index (χ0) is 19.5. The number of benzene rings is 3. The predicted octanol–water partition coefficient (Wildman–Crippen LogP) is 4.80. The Bertz CT molecular complexity index is 1140. The third kappa shape index (κ3) is 3.64. The van der Waals surface area contributed by atoms with Crippen molar-refractivity contribution in [3.63, 3.8) is 0 Å². The molecule has 0 saturated carbocycles. The molecule has 0 atom stereocenters. The first-order valence-corrected chi connectivity index (χ1v) is 8.74. The molecule has 3 aromatic carbocycles. The summed E-state index contributed by atoms with van der Waals surface area (Å²) in [7, 11) is 1.80. The number of hydrogen-bond acceptors (Lipinski definition) is 5. The van der Waals surface area contributed by atoms with Gasteiger partial charge in [0, 0.05) is 30.3 Å². The van der Waals surface area contributed by atoms with Crippen molar-refractivity contribution in [2.24, 2.45) is 7.05 Å². The maximum absolute atomic E-state index is 11.5. The van der Waals surface area contributed by atoms with Gasteiger partial charge in [0.25, 0.3) is 5.69 Å². The molecule has 0 radical (unpaired) electrons. The third-order valence-corrected chi connectivity index (χ3v) is 4.42. The number of fused-ring (bicyclic) bond motifs is 1. The summed E-state index contributed by atoms with van der Waals surface area (Å²) in [5, 5.41) is 19.5. The number of rotatable bonds is 6. The SMILES string of the molecule is Cn1ncc2cc([N+](=O)[O-])c(Nc3cccc(OCc4ccccc4)c3)cc21. The van der Waals surface area contributed by atoms with E-state index in [9.17, 15) is 10.1 Å². The van der Waals surface area contributed by atoms with Crippen LogP contribution in [0.2, 0.25) is 0 Å². The molecule has 0 spiro atoms. The van der Waals surface area contributed by atoms with Gasteiger partial charge in [-0.05, 0) is 23.8 Å². The van der Waals surface area contributed by atoms with E-state index >= 15 is 0 Å². The molecule has 1 N–H and O–H groups in total. The summed E-state index contributed by atoms with van der Waals surface area (Å²) in [5.41, 5.74) is 2.98. The van der Waals surface area contributed by atoms with Gasteiger partial charge in [0.2, 0.25) is 0 Å². The number of nitro groups is 1. The van der Waals surface area contributed by atoms with Crippen LogP contribution >= 0.6 is 0 Å². The normalized spacial score (nSPS) is 10.8. The Morgan fingerprint density at radius 2 is 1.93 bits per heavy atom. The average molecular weight is 374 g/mol. The van der Waals surface area contributed by atoms with E-state index in [1.807, 2.05) is 54.6 Å². The summed E-state index contributed by atoms with van der Waals surface area (Å²) in [4.78, 5) is 11.1. The Hall–Kier alpha value is -3.87. The molecule has 7 nitrogen and oxygen atoms in total. The van der Waals surface area contributed by atoms with E-state index < -0.39 is 4.92 Å². The summed E-state index contributed by atoms with van der Waals surface area (Å²) >= 11 is 0. The van der Waals surface area contributed by atoms with Crippen molar-refractivity contribution in [2.45, 2.75) is 6.61 Å². The van der Waals surface area contributed by atoms with E-state index in [-0.39, 0.29) is 5.69 Å². The Morgan fingerprint density at radius 3 is 2.71 bits per heavy atom. The van der Waals surface area contributed by atoms with Gasteiger partial charge in [0.15, 0.2) is 0 Å². The molecule has 28 heavy (non-hydrogen) atoms. The Labute approximate surface area is 161 Å². The van der Waals surface area contributed by atoms with Gasteiger partial charge in [0.05, 0.1) is 16.6 Å². The van der Waals surface area contributed by atoms with Crippen molar-refractivity contribution in [1.82, 2.24) is 9.78 Å². The lowest BCUT2D eigenvalue weighted by molar-refractivity contribution is -0.383. The minimum Gasteiger partial charge on any atom is -0.489 e. The fraction of sp³-hybridized carbons (Fsp3) is 0.0952. The lowest BCUT2D eigenvalue weighted by Crippen LogP contribution is -1.99. The molecule has 0 bridgehead atoms. The molecule has 0 aliphatic heterocycles. The summed E-state index contributed by atoms with van der Waals surface area (Å²) < 4.78 is 7.52. The van der Waals surface area contributed by atoms with E-state index in [4.69, 9.17) is 4.74 Å². The first-order chi connectivity index (χ1) is 13.6. The molecule has 0 amide bonds. The second kappa shape index (κ2) is 7.40. The van der Waals surface area contributed by atoms with Crippen LogP contribution in [0, 0.1) is 10.1 Å². The van der Waals surface area contributed by atoms with Crippen LogP contribution in [-0.4, -0.2) is 14.7 Å². The zero-order valence-corrected chi connectivity index (χ0v) is 15.2. The van der Waals surface area contributed by atoms with Crippen LogP contribution in [-0.2, 0) is 13.7 Å². The predicted molar refractivity (Wildman–Crippen MR) is 108 cm³/mol. The molecule has 0 aliphatic rings. The van der Waals surface area contributed by atoms with Crippen LogP contribution in [0.25, 0.3) is 10.9 Å². The largest absolute Gasteiger partial charge is 0.489 e. The zero-order valence-electron chi connectivity index (χ0n) is 15.2. The summed E-state index contributed by atoms with van der Waals surface area (Å²) in [6.07, 6.45) is 1.62. The second-order valence-corrected chi connectivity index (χ2v) is 6.38. The van der Waals surface area contributed by atoms with Gasteiger partial charge in [-0.15, -0.1) is 0 Å². The van der Waals surface area contributed by atoms with Crippen LogP contribution in [0.4, 0.5) is 17.1 Å². The number of nitrogens with one attached hydrogen (secondary N) is 1. The maximum atomic E-state index is 11.5. The number of ether oxygens (including phenoxy) is 1. The van der Waals surface area contributed by atoms with Crippen molar-refractivity contribution < 1.29 is 9.66 Å². The highest BCUT2D eigenvalue weighted by molar-refractivity contribution is 5.88. The smallest absolute Gasteiger partial charge is 0.293 e. The maximum Gasteiger partial charge on any atom is 0.293 e. The van der Waals surface area contributed by atoms with Crippen LogP contribution in [0.15, 0.2) is 72.9 Å². The highest BCUT2D eigenvalue weighted by Crippen LogP contribution is 2.33. The van der Waals surface area contributed by atoms with Crippen molar-refractivity contribution in [2.75, 3.05) is 5.32 Å². The van der Waals surface area contributed by atoms with Crippen LogP contribution in [0.3, 0.4) is 0 Å². The van der Waals surface area contributed by atoms with Crippen molar-refractivity contribution >= 4 is 28.0 Å². The third-order valence-electron chi connectivity index (χ3n) is 4.42. The van der Waals surface area contributed by atoms with Gasteiger partial charge < -0.3 is 10.1 Å². The van der Waals surface area contributed by atoms with E-state index in [0.717, 1.165) is 16.5 Å². The molecule has 4 aromatic rings. The topological polar surface area (TPSA) is 82.2 Å². The van der Waals surface area contributed by atoms with Gasteiger partial charge in [-0.25, -0.2) is 0 Å². The number of nitro benzene ring substituents is 1. The first kappa shape index (κ1) is 17.5. The standard InChI is InChI=1S/C21H18N4O3/c1-24-20-12-19(21(25(26)27)10-16(20)13-22-24)23-17-8-5-9-18(11-17)28-14-15-6-3-2-4-7-15/h2-13,23H,14H2,1H3. The minimum atomic E-state index is -0.398. The number of anilines is 2. The number of nitrogens with zero attached hydrogens (tertiary/aromatic N) is 3. The van der Waals surface area contributed by atoms with E-state index in [0.29, 0.717) is 23.7 Å². The highest BCUT2D eigenvalue weighted by Gasteiger charge is 2.17. The van der Waals surface area contributed by atoms with Gasteiger partial charge in [-0.3, -0.25) is 14.8 Å². The molecule has 0 unspecified atom stereocenters. The number of aromatic nitrogens is 2. The fourth-order valence-electron chi connectivity index (χ4n) is 3.00. The molecule has 0 saturated heterocycles. The summed E-state index contributed by atoms with van der Waals surface area (Å²) in [6.45, 7) is 0.450. The lowest BCUT2D eigenvalue weighted by atomic mass is 10.2. The van der Waals surface area contributed by atoms with Crippen molar-refractivity contribution in [3.8, 4) is 5.75 Å². The number of hydrogen-bond donors (Lipinski definition) is 1. The molecule has 7 heteroatoms. The fourth-order valence-corrected chi connectivity index (χ4v) is 3.00. The second-order valence-electron chi connectivity index (χ2n) is 6.38. The van der Waals surface area contributed by atoms with Crippen LogP contribution < -0.4 is 10.1 Å². The molecule has 0 aliphatic carbocycles. The van der Waals surface area contributed by atoms with Gasteiger partial charge in [-0.2, -0.15) is 5.10 Å². The Morgan fingerprint density at radius 1 is 1.11 bits per heavy atom. The first-order valence-electron chi connectivity index (χ1n) is 8.74. The lowest BCUT2D eigenvalue weighted by Gasteiger charge is -2.11. The molecular weight excluding hydrogens is 356 g/mol. The van der Waals surface area contributed by atoms with Gasteiger partial charge in [0.1, 0.15) is 18.0 Å². The van der Waals surface area contributed by atoms with Crippen LogP contribution in [0.5, 0.6) is 5.75 Å². The molecular formula is C21H18N4O3. The van der Waals surface area contributed by atoms with Crippen molar-refractivity contribution in [3.05, 3.63) is 88.6 Å². The Balaban J connectivity index is 1.59. The van der Waals surface area contributed by atoms with Crippen molar-refractivity contribution in [1.29, 1.82) is 0 Å². The monoisotopic (exact) mass is 374 g/mol. The van der Waals surface area contributed by atoms with E-state index in [1.165, 1.54) is 6.07 Å². The Kier molecular flexibility index (Phi) is 4.63. The summed E-state index contributed by atoms with van der Waals surface area (Å²) in [5.74, 6) is 0.679.